The lowest BCUT2D eigenvalue weighted by Gasteiger charge is -2.35. The van der Waals surface area contributed by atoms with Crippen LogP contribution in [0.5, 0.6) is 5.75 Å². The summed E-state index contributed by atoms with van der Waals surface area (Å²) < 4.78 is 5.82. The van der Waals surface area contributed by atoms with Crippen LogP contribution in [0.15, 0.2) is 24.3 Å². The van der Waals surface area contributed by atoms with Crippen LogP contribution in [0.2, 0.25) is 0 Å². The molecule has 2 atom stereocenters. The molecular formula is C19H27NO2. The molecule has 2 fully saturated rings. The Balaban J connectivity index is 1.68. The van der Waals surface area contributed by atoms with Crippen molar-refractivity contribution in [1.82, 2.24) is 4.90 Å². The Morgan fingerprint density at radius 2 is 1.64 bits per heavy atom. The molecule has 0 saturated carbocycles. The normalized spacial score (nSPS) is 28.6. The highest BCUT2D eigenvalue weighted by molar-refractivity contribution is 5.98. The van der Waals surface area contributed by atoms with Gasteiger partial charge in [-0.15, -0.1) is 0 Å². The summed E-state index contributed by atoms with van der Waals surface area (Å²) in [7, 11) is 2.21. The lowest BCUT2D eigenvalue weighted by molar-refractivity contribution is 0.0767. The van der Waals surface area contributed by atoms with E-state index in [2.05, 4.69) is 11.9 Å². The lowest BCUT2D eigenvalue weighted by atomic mass is 9.85. The minimum atomic E-state index is -0.210. The molecule has 0 aliphatic carbocycles. The first kappa shape index (κ1) is 15.5. The molecule has 0 spiro atoms. The molecule has 2 aliphatic heterocycles. The second kappa shape index (κ2) is 5.69. The summed E-state index contributed by atoms with van der Waals surface area (Å²) in [5.41, 5.74) is 0.619. The third kappa shape index (κ3) is 3.19. The van der Waals surface area contributed by atoms with Crippen LogP contribution in [0.25, 0.3) is 0 Å². The van der Waals surface area contributed by atoms with E-state index in [-0.39, 0.29) is 11.5 Å². The Bertz CT molecular complexity index is 530. The maximum absolute atomic E-state index is 12.8. The van der Waals surface area contributed by atoms with Gasteiger partial charge in [-0.3, -0.25) is 4.79 Å². The standard InChI is InChI=1S/C19H27NO2/c1-19(2,3)22-17-9-5-13(6-10-17)18(21)14-11-15-7-8-16(12-14)20(15)4/h5-6,9-10,14-16H,7-8,11-12H2,1-4H3. The number of hydrogen-bond donors (Lipinski definition) is 0. The first-order valence-electron chi connectivity index (χ1n) is 8.39. The van der Waals surface area contributed by atoms with Gasteiger partial charge in [-0.1, -0.05) is 0 Å². The van der Waals surface area contributed by atoms with Gasteiger partial charge in [0.1, 0.15) is 11.4 Å². The maximum Gasteiger partial charge on any atom is 0.166 e. The number of ketones is 1. The third-order valence-electron chi connectivity index (χ3n) is 5.03. The molecule has 3 nitrogen and oxygen atoms in total. The fraction of sp³-hybridized carbons (Fsp3) is 0.632. The number of Topliss-reactive ketones (excluding diaryl/α,β-unsaturated/α-hetero) is 1. The van der Waals surface area contributed by atoms with Gasteiger partial charge in [0.25, 0.3) is 0 Å². The van der Waals surface area contributed by atoms with Gasteiger partial charge in [0.15, 0.2) is 5.78 Å². The fourth-order valence-electron chi connectivity index (χ4n) is 3.90. The first-order chi connectivity index (χ1) is 10.3. The predicted molar refractivity (Wildman–Crippen MR) is 88.5 cm³/mol. The zero-order valence-electron chi connectivity index (χ0n) is 14.1. The number of hydrogen-bond acceptors (Lipinski definition) is 3. The van der Waals surface area contributed by atoms with E-state index in [0.29, 0.717) is 17.9 Å². The second-order valence-electron chi connectivity index (χ2n) is 7.82. The molecule has 120 valence electrons. The molecule has 2 unspecified atom stereocenters. The summed E-state index contributed by atoms with van der Waals surface area (Å²) >= 11 is 0. The van der Waals surface area contributed by atoms with Gasteiger partial charge in [-0.05, 0) is 77.8 Å². The Morgan fingerprint density at radius 3 is 2.14 bits per heavy atom. The number of ether oxygens (including phenoxy) is 1. The smallest absolute Gasteiger partial charge is 0.166 e. The van der Waals surface area contributed by atoms with Crippen LogP contribution in [0.3, 0.4) is 0 Å². The summed E-state index contributed by atoms with van der Waals surface area (Å²) in [4.78, 5) is 15.2. The van der Waals surface area contributed by atoms with Gasteiger partial charge in [0, 0.05) is 23.6 Å². The molecule has 2 saturated heterocycles. The minimum Gasteiger partial charge on any atom is -0.488 e. The van der Waals surface area contributed by atoms with Crippen molar-refractivity contribution in [2.75, 3.05) is 7.05 Å². The fourth-order valence-corrected chi connectivity index (χ4v) is 3.90. The average Bonchev–Trinajstić information content (AvgIpc) is 2.67. The highest BCUT2D eigenvalue weighted by Gasteiger charge is 2.40. The number of piperidine rings is 1. The number of carbonyl (C=O) groups is 1. The molecule has 0 aromatic heterocycles. The van der Waals surface area contributed by atoms with Crippen LogP contribution in [-0.2, 0) is 0 Å². The van der Waals surface area contributed by atoms with E-state index in [1.807, 2.05) is 45.0 Å². The molecule has 0 N–H and O–H groups in total. The van der Waals surface area contributed by atoms with E-state index in [1.54, 1.807) is 0 Å². The molecule has 0 amide bonds. The molecule has 1 aromatic carbocycles. The Hall–Kier alpha value is -1.35. The number of carbonyl (C=O) groups excluding carboxylic acids is 1. The van der Waals surface area contributed by atoms with Crippen molar-refractivity contribution >= 4 is 5.78 Å². The van der Waals surface area contributed by atoms with Crippen molar-refractivity contribution in [3.63, 3.8) is 0 Å². The molecule has 2 heterocycles. The number of nitrogens with zero attached hydrogens (tertiary/aromatic N) is 1. The van der Waals surface area contributed by atoms with E-state index in [1.165, 1.54) is 12.8 Å². The molecule has 3 rings (SSSR count). The molecule has 3 heteroatoms. The van der Waals surface area contributed by atoms with E-state index in [9.17, 15) is 4.79 Å². The van der Waals surface area contributed by atoms with Crippen LogP contribution in [0.4, 0.5) is 0 Å². The van der Waals surface area contributed by atoms with Crippen LogP contribution in [0.1, 0.15) is 56.8 Å². The summed E-state index contributed by atoms with van der Waals surface area (Å²) in [5, 5.41) is 0. The van der Waals surface area contributed by atoms with Crippen molar-refractivity contribution in [2.45, 2.75) is 64.1 Å². The molecule has 22 heavy (non-hydrogen) atoms. The van der Waals surface area contributed by atoms with Gasteiger partial charge >= 0.3 is 0 Å². The van der Waals surface area contributed by atoms with Gasteiger partial charge in [-0.25, -0.2) is 0 Å². The van der Waals surface area contributed by atoms with Gasteiger partial charge in [0.2, 0.25) is 0 Å². The van der Waals surface area contributed by atoms with E-state index >= 15 is 0 Å². The SMILES string of the molecule is CN1C2CCC1CC(C(=O)c1ccc(OC(C)(C)C)cc1)C2. The van der Waals surface area contributed by atoms with Crippen molar-refractivity contribution in [3.8, 4) is 5.75 Å². The van der Waals surface area contributed by atoms with Gasteiger partial charge in [-0.2, -0.15) is 0 Å². The van der Waals surface area contributed by atoms with Crippen molar-refractivity contribution in [1.29, 1.82) is 0 Å². The molecule has 0 radical (unpaired) electrons. The summed E-state index contributed by atoms with van der Waals surface area (Å²) in [5.74, 6) is 1.34. The average molecular weight is 301 g/mol. The van der Waals surface area contributed by atoms with E-state index in [0.717, 1.165) is 24.2 Å². The second-order valence-corrected chi connectivity index (χ2v) is 7.82. The maximum atomic E-state index is 12.8. The summed E-state index contributed by atoms with van der Waals surface area (Å²) in [6.45, 7) is 6.08. The number of benzene rings is 1. The van der Waals surface area contributed by atoms with Crippen LogP contribution >= 0.6 is 0 Å². The zero-order chi connectivity index (χ0) is 15.9. The largest absolute Gasteiger partial charge is 0.488 e. The summed E-state index contributed by atoms with van der Waals surface area (Å²) in [6, 6.07) is 8.89. The van der Waals surface area contributed by atoms with Gasteiger partial charge < -0.3 is 9.64 Å². The van der Waals surface area contributed by atoms with Crippen molar-refractivity contribution in [2.24, 2.45) is 5.92 Å². The predicted octanol–water partition coefficient (Wildman–Crippen LogP) is 3.92. The minimum absolute atomic E-state index is 0.197. The van der Waals surface area contributed by atoms with Crippen molar-refractivity contribution < 1.29 is 9.53 Å². The highest BCUT2D eigenvalue weighted by Crippen LogP contribution is 2.38. The Kier molecular flexibility index (Phi) is 4.02. The van der Waals surface area contributed by atoms with E-state index < -0.39 is 0 Å². The van der Waals surface area contributed by atoms with Crippen LogP contribution in [-0.4, -0.2) is 35.4 Å². The molecule has 2 aliphatic rings. The number of fused-ring (bicyclic) bond motifs is 2. The van der Waals surface area contributed by atoms with Gasteiger partial charge in [0.05, 0.1) is 0 Å². The molecule has 2 bridgehead atoms. The first-order valence-corrected chi connectivity index (χ1v) is 8.39. The zero-order valence-corrected chi connectivity index (χ0v) is 14.1. The van der Waals surface area contributed by atoms with Crippen LogP contribution in [0, 0.1) is 5.92 Å². The lowest BCUT2D eigenvalue weighted by Crippen LogP contribution is -2.42. The van der Waals surface area contributed by atoms with Crippen LogP contribution < -0.4 is 4.74 Å². The Labute approximate surface area is 133 Å². The quantitative estimate of drug-likeness (QED) is 0.793. The summed E-state index contributed by atoms with van der Waals surface area (Å²) in [6.07, 6.45) is 4.55. The monoisotopic (exact) mass is 301 g/mol. The topological polar surface area (TPSA) is 29.5 Å². The Morgan fingerprint density at radius 1 is 1.09 bits per heavy atom. The van der Waals surface area contributed by atoms with Crippen molar-refractivity contribution in [3.05, 3.63) is 29.8 Å². The molecule has 1 aromatic rings. The van der Waals surface area contributed by atoms with E-state index in [4.69, 9.17) is 4.74 Å². The third-order valence-corrected chi connectivity index (χ3v) is 5.03. The molecular weight excluding hydrogens is 274 g/mol. The highest BCUT2D eigenvalue weighted by atomic mass is 16.5. The number of rotatable bonds is 3.